The third-order valence-electron chi connectivity index (χ3n) is 2.68. The molecule has 2 aromatic rings. The fraction of sp³-hybridized carbons (Fsp3) is 0.0667. The zero-order valence-electron chi connectivity index (χ0n) is 10.3. The molecule has 0 aliphatic heterocycles. The fourth-order valence-electron chi connectivity index (χ4n) is 1.75. The number of carbonyl (C=O) groups excluding carboxylic acids is 2. The average molecular weight is 272 g/mol. The molecule has 0 aromatic heterocycles. The van der Waals surface area contributed by atoms with Gasteiger partial charge in [-0.25, -0.2) is 0 Å². The second kappa shape index (κ2) is 5.71. The van der Waals surface area contributed by atoms with Gasteiger partial charge in [-0.2, -0.15) is 0 Å². The third kappa shape index (κ3) is 2.85. The van der Waals surface area contributed by atoms with Crippen LogP contribution < -0.4 is 0 Å². The molecule has 0 radical (unpaired) electrons. The predicted molar refractivity (Wildman–Crippen MR) is 73.9 cm³/mol. The molecule has 0 amide bonds. The maximum absolute atomic E-state index is 12.2. The SMILES string of the molecule is CS(=O)c1ccccc1C(=O)C(=O)c1ccccc1. The Morgan fingerprint density at radius 2 is 1.42 bits per heavy atom. The number of hydrogen-bond acceptors (Lipinski definition) is 3. The molecule has 0 N–H and O–H groups in total. The largest absolute Gasteiger partial charge is 0.285 e. The van der Waals surface area contributed by atoms with Gasteiger partial charge in [0.15, 0.2) is 0 Å². The van der Waals surface area contributed by atoms with Gasteiger partial charge in [-0.15, -0.1) is 0 Å². The van der Waals surface area contributed by atoms with Gasteiger partial charge in [0, 0.05) is 22.3 Å². The van der Waals surface area contributed by atoms with Crippen LogP contribution in [0.2, 0.25) is 0 Å². The molecule has 0 saturated carbocycles. The standard InChI is InChI=1S/C15H12O3S/c1-19(18)13-10-6-5-9-12(13)15(17)14(16)11-7-3-2-4-8-11/h2-10H,1H3. The Hall–Kier alpha value is -2.07. The number of benzene rings is 2. The zero-order valence-corrected chi connectivity index (χ0v) is 11.1. The number of rotatable bonds is 4. The van der Waals surface area contributed by atoms with E-state index in [2.05, 4.69) is 0 Å². The van der Waals surface area contributed by atoms with E-state index in [9.17, 15) is 13.8 Å². The monoisotopic (exact) mass is 272 g/mol. The van der Waals surface area contributed by atoms with Gasteiger partial charge < -0.3 is 0 Å². The minimum absolute atomic E-state index is 0.206. The maximum Gasteiger partial charge on any atom is 0.234 e. The molecule has 2 rings (SSSR count). The first-order valence-electron chi connectivity index (χ1n) is 5.68. The van der Waals surface area contributed by atoms with Crippen molar-refractivity contribution in [2.24, 2.45) is 0 Å². The Morgan fingerprint density at radius 3 is 2.05 bits per heavy atom. The van der Waals surface area contributed by atoms with Gasteiger partial charge in [0.2, 0.25) is 11.6 Å². The Kier molecular flexibility index (Phi) is 4.02. The van der Waals surface area contributed by atoms with Crippen LogP contribution in [0.5, 0.6) is 0 Å². The van der Waals surface area contributed by atoms with Crippen molar-refractivity contribution < 1.29 is 13.8 Å². The summed E-state index contributed by atoms with van der Waals surface area (Å²) in [5.41, 5.74) is 0.543. The van der Waals surface area contributed by atoms with Gasteiger partial charge in [-0.05, 0) is 12.1 Å². The van der Waals surface area contributed by atoms with Crippen molar-refractivity contribution in [3.63, 3.8) is 0 Å². The molecule has 0 aliphatic rings. The van der Waals surface area contributed by atoms with Crippen LogP contribution in [0.4, 0.5) is 0 Å². The molecule has 1 unspecified atom stereocenters. The van der Waals surface area contributed by atoms with E-state index in [1.54, 1.807) is 48.5 Å². The van der Waals surface area contributed by atoms with Crippen LogP contribution >= 0.6 is 0 Å². The molecule has 0 heterocycles. The minimum Gasteiger partial charge on any atom is -0.285 e. The Balaban J connectivity index is 2.41. The molecule has 3 nitrogen and oxygen atoms in total. The molecule has 0 bridgehead atoms. The van der Waals surface area contributed by atoms with Gasteiger partial charge in [0.25, 0.3) is 0 Å². The lowest BCUT2D eigenvalue weighted by Crippen LogP contribution is -2.16. The Morgan fingerprint density at radius 1 is 0.842 bits per heavy atom. The average Bonchev–Trinajstić information content (AvgIpc) is 2.46. The van der Waals surface area contributed by atoms with E-state index in [-0.39, 0.29) is 5.56 Å². The van der Waals surface area contributed by atoms with Gasteiger partial charge in [-0.3, -0.25) is 13.8 Å². The smallest absolute Gasteiger partial charge is 0.234 e. The van der Waals surface area contributed by atoms with Crippen LogP contribution in [-0.2, 0) is 10.8 Å². The summed E-state index contributed by atoms with van der Waals surface area (Å²) in [6.45, 7) is 0. The van der Waals surface area contributed by atoms with Crippen LogP contribution in [0.25, 0.3) is 0 Å². The molecular weight excluding hydrogens is 260 g/mol. The summed E-state index contributed by atoms with van der Waals surface area (Å²) >= 11 is 0. The Labute approximate surface area is 113 Å². The lowest BCUT2D eigenvalue weighted by atomic mass is 10.0. The first kappa shape index (κ1) is 13.4. The number of ketones is 2. The van der Waals surface area contributed by atoms with Crippen LogP contribution in [0.1, 0.15) is 20.7 Å². The van der Waals surface area contributed by atoms with Crippen molar-refractivity contribution in [1.82, 2.24) is 0 Å². The summed E-state index contributed by atoms with van der Waals surface area (Å²) in [6.07, 6.45) is 1.49. The van der Waals surface area contributed by atoms with Crippen molar-refractivity contribution >= 4 is 22.4 Å². The van der Waals surface area contributed by atoms with E-state index in [0.29, 0.717) is 10.5 Å². The summed E-state index contributed by atoms with van der Waals surface area (Å²) < 4.78 is 11.6. The molecule has 0 spiro atoms. The van der Waals surface area contributed by atoms with Gasteiger partial charge in [-0.1, -0.05) is 42.5 Å². The quantitative estimate of drug-likeness (QED) is 0.634. The molecule has 0 saturated heterocycles. The van der Waals surface area contributed by atoms with E-state index in [4.69, 9.17) is 0 Å². The van der Waals surface area contributed by atoms with Crippen molar-refractivity contribution in [1.29, 1.82) is 0 Å². The normalized spacial score (nSPS) is 11.8. The van der Waals surface area contributed by atoms with E-state index in [0.717, 1.165) is 0 Å². The third-order valence-corrected chi connectivity index (χ3v) is 3.66. The lowest BCUT2D eigenvalue weighted by molar-refractivity contribution is 0.0815. The topological polar surface area (TPSA) is 51.2 Å². The number of hydrogen-bond donors (Lipinski definition) is 0. The summed E-state index contributed by atoms with van der Waals surface area (Å²) in [6, 6.07) is 14.8. The predicted octanol–water partition coefficient (Wildman–Crippen LogP) is 2.49. The fourth-order valence-corrected chi connectivity index (χ4v) is 2.49. The molecular formula is C15H12O3S. The Bertz CT molecular complexity index is 647. The summed E-state index contributed by atoms with van der Waals surface area (Å²) in [5, 5.41) is 0. The van der Waals surface area contributed by atoms with Crippen LogP contribution in [0.15, 0.2) is 59.5 Å². The molecule has 4 heteroatoms. The number of Topliss-reactive ketones (excluding diaryl/α,β-unsaturated/α-hetero) is 2. The first-order chi connectivity index (χ1) is 9.11. The highest BCUT2D eigenvalue weighted by Crippen LogP contribution is 2.15. The highest BCUT2D eigenvalue weighted by atomic mass is 32.2. The molecule has 19 heavy (non-hydrogen) atoms. The summed E-state index contributed by atoms with van der Waals surface area (Å²) in [7, 11) is -1.31. The van der Waals surface area contributed by atoms with Crippen LogP contribution in [0, 0.1) is 0 Å². The van der Waals surface area contributed by atoms with Gasteiger partial charge in [0.05, 0.1) is 10.8 Å². The van der Waals surface area contributed by atoms with Gasteiger partial charge >= 0.3 is 0 Å². The van der Waals surface area contributed by atoms with Crippen molar-refractivity contribution in [2.75, 3.05) is 6.26 Å². The summed E-state index contributed by atoms with van der Waals surface area (Å²) in [5.74, 6) is -1.21. The van der Waals surface area contributed by atoms with Crippen molar-refractivity contribution in [3.05, 3.63) is 65.7 Å². The van der Waals surface area contributed by atoms with E-state index in [1.165, 1.54) is 12.3 Å². The maximum atomic E-state index is 12.2. The van der Waals surface area contributed by atoms with Crippen molar-refractivity contribution in [2.45, 2.75) is 4.90 Å². The van der Waals surface area contributed by atoms with Crippen LogP contribution in [-0.4, -0.2) is 22.0 Å². The van der Waals surface area contributed by atoms with Crippen LogP contribution in [0.3, 0.4) is 0 Å². The lowest BCUT2D eigenvalue weighted by Gasteiger charge is -2.05. The molecule has 1 atom stereocenters. The van der Waals surface area contributed by atoms with E-state index < -0.39 is 22.4 Å². The molecule has 2 aromatic carbocycles. The second-order valence-electron chi connectivity index (χ2n) is 3.97. The van der Waals surface area contributed by atoms with E-state index >= 15 is 0 Å². The first-order valence-corrected chi connectivity index (χ1v) is 7.23. The highest BCUT2D eigenvalue weighted by molar-refractivity contribution is 7.84. The zero-order chi connectivity index (χ0) is 13.8. The second-order valence-corrected chi connectivity index (χ2v) is 5.32. The highest BCUT2D eigenvalue weighted by Gasteiger charge is 2.21. The summed E-state index contributed by atoms with van der Waals surface area (Å²) in [4.78, 5) is 24.6. The minimum atomic E-state index is -1.31. The molecule has 0 aliphatic carbocycles. The number of carbonyl (C=O) groups is 2. The van der Waals surface area contributed by atoms with Crippen molar-refractivity contribution in [3.8, 4) is 0 Å². The molecule has 0 fully saturated rings. The molecule has 96 valence electrons. The van der Waals surface area contributed by atoms with Gasteiger partial charge in [0.1, 0.15) is 0 Å². The van der Waals surface area contributed by atoms with E-state index in [1.807, 2.05) is 0 Å².